The lowest BCUT2D eigenvalue weighted by atomic mass is 10.0. The van der Waals surface area contributed by atoms with Gasteiger partial charge >= 0.3 is 12.6 Å². The first kappa shape index (κ1) is 22.9. The summed E-state index contributed by atoms with van der Waals surface area (Å²) in [6, 6.07) is 22.8. The van der Waals surface area contributed by atoms with Gasteiger partial charge in [0, 0.05) is 34.6 Å². The number of benzene rings is 3. The summed E-state index contributed by atoms with van der Waals surface area (Å²) in [6.45, 7) is -0.635. The van der Waals surface area contributed by atoms with Crippen molar-refractivity contribution in [3.63, 3.8) is 0 Å². The second-order valence-electron chi connectivity index (χ2n) is 7.59. The van der Waals surface area contributed by atoms with Crippen molar-refractivity contribution >= 4 is 28.3 Å². The van der Waals surface area contributed by atoms with Crippen molar-refractivity contribution in [2.45, 2.75) is 19.6 Å². The third-order valence-electron chi connectivity index (χ3n) is 5.03. The van der Waals surface area contributed by atoms with E-state index in [1.54, 1.807) is 0 Å². The first-order chi connectivity index (χ1) is 16.5. The molecule has 4 aromatic rings. The van der Waals surface area contributed by atoms with Gasteiger partial charge < -0.3 is 20.7 Å². The van der Waals surface area contributed by atoms with Crippen LogP contribution in [0.25, 0.3) is 22.0 Å². The topological polar surface area (TPSA) is 88.2 Å². The summed E-state index contributed by atoms with van der Waals surface area (Å²) in [4.78, 5) is 12.3. The van der Waals surface area contributed by atoms with Crippen molar-refractivity contribution in [1.29, 1.82) is 0 Å². The van der Waals surface area contributed by atoms with Crippen LogP contribution in [0.3, 0.4) is 0 Å². The van der Waals surface area contributed by atoms with E-state index in [9.17, 15) is 13.6 Å². The number of urea groups is 1. The SMILES string of the molecule is C[C@@H](CNc1nnc(-c2ccccc2)c2ccccc12)NC(=O)Nc1ccc(OC(F)F)cc1. The summed E-state index contributed by atoms with van der Waals surface area (Å²) in [5.74, 6) is 0.643. The second kappa shape index (κ2) is 10.6. The first-order valence-corrected chi connectivity index (χ1v) is 10.7. The molecule has 174 valence electrons. The molecular formula is C25H23F2N5O2. The van der Waals surface area contributed by atoms with Crippen molar-refractivity contribution in [2.75, 3.05) is 17.2 Å². The van der Waals surface area contributed by atoms with Gasteiger partial charge in [-0.1, -0.05) is 54.6 Å². The van der Waals surface area contributed by atoms with Gasteiger partial charge in [-0.25, -0.2) is 4.79 Å². The average molecular weight is 463 g/mol. The predicted molar refractivity (Wildman–Crippen MR) is 128 cm³/mol. The lowest BCUT2D eigenvalue weighted by Gasteiger charge is -2.17. The smallest absolute Gasteiger partial charge is 0.387 e. The molecule has 0 spiro atoms. The van der Waals surface area contributed by atoms with E-state index in [4.69, 9.17) is 0 Å². The minimum absolute atomic E-state index is 0.0187. The van der Waals surface area contributed by atoms with E-state index in [1.807, 2.05) is 61.5 Å². The molecule has 0 fully saturated rings. The van der Waals surface area contributed by atoms with Crippen LogP contribution < -0.4 is 20.7 Å². The van der Waals surface area contributed by atoms with E-state index in [-0.39, 0.29) is 11.8 Å². The van der Waals surface area contributed by atoms with Crippen molar-refractivity contribution in [3.8, 4) is 17.0 Å². The summed E-state index contributed by atoms with van der Waals surface area (Å²) >= 11 is 0. The average Bonchev–Trinajstić information content (AvgIpc) is 2.84. The van der Waals surface area contributed by atoms with Crippen LogP contribution in [0.2, 0.25) is 0 Å². The van der Waals surface area contributed by atoms with Gasteiger partial charge in [-0.15, -0.1) is 10.2 Å². The molecule has 0 aliphatic heterocycles. The molecule has 9 heteroatoms. The van der Waals surface area contributed by atoms with E-state index >= 15 is 0 Å². The molecule has 1 aromatic heterocycles. The number of anilines is 2. The molecule has 4 rings (SSSR count). The zero-order chi connectivity index (χ0) is 23.9. The molecular weight excluding hydrogens is 440 g/mol. The van der Waals surface area contributed by atoms with Gasteiger partial charge in [-0.2, -0.15) is 8.78 Å². The fourth-order valence-electron chi connectivity index (χ4n) is 3.46. The van der Waals surface area contributed by atoms with E-state index in [2.05, 4.69) is 30.9 Å². The summed E-state index contributed by atoms with van der Waals surface area (Å²) in [5.41, 5.74) is 2.24. The van der Waals surface area contributed by atoms with E-state index in [0.717, 1.165) is 22.0 Å². The summed E-state index contributed by atoms with van der Waals surface area (Å²) in [7, 11) is 0. The van der Waals surface area contributed by atoms with Gasteiger partial charge in [0.25, 0.3) is 0 Å². The van der Waals surface area contributed by atoms with Gasteiger partial charge in [0.15, 0.2) is 5.82 Å². The first-order valence-electron chi connectivity index (χ1n) is 10.7. The number of hydrogen-bond donors (Lipinski definition) is 3. The molecule has 1 atom stereocenters. The van der Waals surface area contributed by atoms with Crippen LogP contribution in [0.1, 0.15) is 6.92 Å². The number of halogens is 2. The number of amides is 2. The molecule has 0 unspecified atom stereocenters. The normalized spacial score (nSPS) is 11.8. The lowest BCUT2D eigenvalue weighted by Crippen LogP contribution is -2.40. The molecule has 1 heterocycles. The number of carbonyl (C=O) groups is 1. The van der Waals surface area contributed by atoms with Crippen LogP contribution in [0.15, 0.2) is 78.9 Å². The van der Waals surface area contributed by atoms with Gasteiger partial charge in [0.2, 0.25) is 0 Å². The van der Waals surface area contributed by atoms with Crippen LogP contribution >= 0.6 is 0 Å². The van der Waals surface area contributed by atoms with E-state index in [1.165, 1.54) is 24.3 Å². The van der Waals surface area contributed by atoms with Gasteiger partial charge in [-0.3, -0.25) is 0 Å². The number of nitrogens with zero attached hydrogens (tertiary/aromatic N) is 2. The highest BCUT2D eigenvalue weighted by atomic mass is 19.3. The number of aromatic nitrogens is 2. The standard InChI is InChI=1S/C25H23F2N5O2/c1-16(29-25(33)30-18-11-13-19(14-12-18)34-24(26)27)15-28-23-21-10-6-5-9-20(21)22(31-32-23)17-7-3-2-4-8-17/h2-14,16,24H,15H2,1H3,(H,28,32)(H2,29,30,33)/t16-/m0/s1. The molecule has 0 aliphatic rings. The predicted octanol–water partition coefficient (Wildman–Crippen LogP) is 5.52. The number of carbonyl (C=O) groups excluding carboxylic acids is 1. The lowest BCUT2D eigenvalue weighted by molar-refractivity contribution is -0.0498. The molecule has 7 nitrogen and oxygen atoms in total. The fourth-order valence-corrected chi connectivity index (χ4v) is 3.46. The third kappa shape index (κ3) is 5.74. The maximum absolute atomic E-state index is 12.3. The van der Waals surface area contributed by atoms with Crippen LogP contribution in [0.5, 0.6) is 5.75 Å². The molecule has 2 amide bonds. The highest BCUT2D eigenvalue weighted by Gasteiger charge is 2.13. The van der Waals surface area contributed by atoms with E-state index < -0.39 is 12.6 Å². The Balaban J connectivity index is 1.37. The molecule has 0 saturated carbocycles. The highest BCUT2D eigenvalue weighted by Crippen LogP contribution is 2.29. The Kier molecular flexibility index (Phi) is 7.12. The monoisotopic (exact) mass is 463 g/mol. The van der Waals surface area contributed by atoms with Crippen molar-refractivity contribution in [1.82, 2.24) is 15.5 Å². The summed E-state index contributed by atoms with van der Waals surface area (Å²) in [5, 5.41) is 19.4. The Hall–Kier alpha value is -4.27. The number of ether oxygens (including phenoxy) is 1. The van der Waals surface area contributed by atoms with E-state index in [0.29, 0.717) is 18.1 Å². The van der Waals surface area contributed by atoms with Gasteiger partial charge in [0.1, 0.15) is 11.4 Å². The molecule has 0 radical (unpaired) electrons. The Labute approximate surface area is 195 Å². The zero-order valence-electron chi connectivity index (χ0n) is 18.3. The van der Waals surface area contributed by atoms with Crippen LogP contribution in [0.4, 0.5) is 25.1 Å². The second-order valence-corrected chi connectivity index (χ2v) is 7.59. The molecule has 3 aromatic carbocycles. The Bertz CT molecular complexity index is 1250. The largest absolute Gasteiger partial charge is 0.435 e. The Morgan fingerprint density at radius 3 is 2.29 bits per heavy atom. The fraction of sp³-hybridized carbons (Fsp3) is 0.160. The summed E-state index contributed by atoms with van der Waals surface area (Å²) < 4.78 is 28.8. The quantitative estimate of drug-likeness (QED) is 0.320. The number of alkyl halides is 2. The molecule has 0 bridgehead atoms. The van der Waals surface area contributed by atoms with Gasteiger partial charge in [-0.05, 0) is 31.2 Å². The molecule has 0 aliphatic carbocycles. The van der Waals surface area contributed by atoms with Crippen molar-refractivity contribution in [3.05, 3.63) is 78.9 Å². The highest BCUT2D eigenvalue weighted by molar-refractivity contribution is 6.00. The van der Waals surface area contributed by atoms with Gasteiger partial charge in [0.05, 0.1) is 0 Å². The minimum Gasteiger partial charge on any atom is -0.435 e. The molecule has 34 heavy (non-hydrogen) atoms. The van der Waals surface area contributed by atoms with Crippen LogP contribution in [-0.2, 0) is 0 Å². The van der Waals surface area contributed by atoms with Crippen molar-refractivity contribution < 1.29 is 18.3 Å². The Morgan fingerprint density at radius 2 is 1.59 bits per heavy atom. The van der Waals surface area contributed by atoms with Crippen LogP contribution in [-0.4, -0.2) is 35.4 Å². The molecule has 3 N–H and O–H groups in total. The van der Waals surface area contributed by atoms with Crippen molar-refractivity contribution in [2.24, 2.45) is 0 Å². The van der Waals surface area contributed by atoms with Crippen LogP contribution in [0, 0.1) is 0 Å². The maximum atomic E-state index is 12.3. The minimum atomic E-state index is -2.90. The number of rotatable bonds is 8. The number of hydrogen-bond acceptors (Lipinski definition) is 5. The Morgan fingerprint density at radius 1 is 0.912 bits per heavy atom. The number of nitrogens with one attached hydrogen (secondary N) is 3. The summed E-state index contributed by atoms with van der Waals surface area (Å²) in [6.07, 6.45) is 0. The zero-order valence-corrected chi connectivity index (χ0v) is 18.3. The number of fused-ring (bicyclic) bond motifs is 1. The molecule has 0 saturated heterocycles. The maximum Gasteiger partial charge on any atom is 0.387 e. The third-order valence-corrected chi connectivity index (χ3v) is 5.03.